The van der Waals surface area contributed by atoms with Crippen molar-refractivity contribution >= 4 is 23.1 Å². The third kappa shape index (κ3) is 4.82. The molecule has 0 spiro atoms. The van der Waals surface area contributed by atoms with Crippen LogP contribution in [0.15, 0.2) is 66.7 Å². The average Bonchev–Trinajstić information content (AvgIpc) is 2.69. The Morgan fingerprint density at radius 3 is 2.26 bits per heavy atom. The molecule has 0 aliphatic heterocycles. The van der Waals surface area contributed by atoms with Gasteiger partial charge in [0.1, 0.15) is 5.75 Å². The summed E-state index contributed by atoms with van der Waals surface area (Å²) in [5.74, 6) is 1.16. The van der Waals surface area contributed by atoms with E-state index in [0.717, 1.165) is 17.1 Å². The second-order valence-corrected chi connectivity index (χ2v) is 6.32. The maximum Gasteiger partial charge on any atom is 0.278 e. The zero-order chi connectivity index (χ0) is 19.2. The molecule has 0 aliphatic carbocycles. The van der Waals surface area contributed by atoms with Gasteiger partial charge in [0.2, 0.25) is 0 Å². The number of rotatable bonds is 6. The third-order valence-corrected chi connectivity index (χ3v) is 3.83. The predicted molar refractivity (Wildman–Crippen MR) is 107 cm³/mol. The number of para-hydroxylation sites is 1. The van der Waals surface area contributed by atoms with Crippen molar-refractivity contribution in [2.24, 2.45) is 0 Å². The van der Waals surface area contributed by atoms with E-state index in [0.29, 0.717) is 5.82 Å². The van der Waals surface area contributed by atoms with Crippen LogP contribution in [-0.2, 0) is 0 Å². The van der Waals surface area contributed by atoms with Crippen LogP contribution in [0, 0.1) is 0 Å². The summed E-state index contributed by atoms with van der Waals surface area (Å²) in [5.41, 5.74) is 1.95. The van der Waals surface area contributed by atoms with Crippen molar-refractivity contribution in [3.05, 3.63) is 72.4 Å². The summed E-state index contributed by atoms with van der Waals surface area (Å²) in [4.78, 5) is 14.1. The highest BCUT2D eigenvalue weighted by Crippen LogP contribution is 2.20. The minimum Gasteiger partial charge on any atom is -0.491 e. The zero-order valence-corrected chi connectivity index (χ0v) is 15.6. The van der Waals surface area contributed by atoms with Crippen molar-refractivity contribution in [2.45, 2.75) is 20.0 Å². The van der Waals surface area contributed by atoms with Crippen LogP contribution in [0.5, 0.6) is 5.75 Å². The van der Waals surface area contributed by atoms with Crippen molar-refractivity contribution < 1.29 is 9.53 Å². The molecule has 0 saturated heterocycles. The first-order valence-corrected chi connectivity index (χ1v) is 8.73. The molecule has 1 amide bonds. The van der Waals surface area contributed by atoms with Crippen LogP contribution in [0.1, 0.15) is 24.3 Å². The van der Waals surface area contributed by atoms with Gasteiger partial charge in [-0.3, -0.25) is 4.79 Å². The molecule has 1 heterocycles. The highest BCUT2D eigenvalue weighted by Gasteiger charge is 2.15. The first-order valence-electron chi connectivity index (χ1n) is 8.73. The van der Waals surface area contributed by atoms with E-state index >= 15 is 0 Å². The molecule has 6 nitrogen and oxygen atoms in total. The molecule has 0 atom stereocenters. The summed E-state index contributed by atoms with van der Waals surface area (Å²) in [6.07, 6.45) is 0.133. The lowest BCUT2D eigenvalue weighted by Gasteiger charge is -2.16. The predicted octanol–water partition coefficient (Wildman–Crippen LogP) is 4.28. The Morgan fingerprint density at radius 1 is 0.963 bits per heavy atom. The molecule has 0 radical (unpaired) electrons. The molecule has 0 aliphatic rings. The van der Waals surface area contributed by atoms with E-state index in [9.17, 15) is 4.79 Å². The maximum atomic E-state index is 12.5. The standard InChI is InChI=1S/C21H22N4O2/c1-15(2)27-18-11-9-16(10-12-18)22-20-14-13-19(23-24-20)21(26)25(3)17-7-5-4-6-8-17/h4-15H,1-3H3,(H,22,24). The molecule has 1 N–H and O–H groups in total. The topological polar surface area (TPSA) is 67.3 Å². The van der Waals surface area contributed by atoms with Gasteiger partial charge in [-0.1, -0.05) is 18.2 Å². The smallest absolute Gasteiger partial charge is 0.278 e. The van der Waals surface area contributed by atoms with Crippen LogP contribution in [-0.4, -0.2) is 29.3 Å². The molecule has 6 heteroatoms. The first-order chi connectivity index (χ1) is 13.0. The van der Waals surface area contributed by atoms with Gasteiger partial charge in [-0.15, -0.1) is 10.2 Å². The summed E-state index contributed by atoms with van der Waals surface area (Å²) in [6.45, 7) is 3.97. The molecular formula is C21H22N4O2. The fourth-order valence-electron chi connectivity index (χ4n) is 2.49. The number of aromatic nitrogens is 2. The molecule has 138 valence electrons. The van der Waals surface area contributed by atoms with E-state index < -0.39 is 0 Å². The molecule has 0 saturated carbocycles. The lowest BCUT2D eigenvalue weighted by molar-refractivity contribution is 0.0987. The van der Waals surface area contributed by atoms with E-state index in [1.807, 2.05) is 68.4 Å². The molecule has 0 fully saturated rings. The summed E-state index contributed by atoms with van der Waals surface area (Å²) in [7, 11) is 1.71. The summed E-state index contributed by atoms with van der Waals surface area (Å²) in [5, 5.41) is 11.3. The molecular weight excluding hydrogens is 340 g/mol. The van der Waals surface area contributed by atoms with Crippen molar-refractivity contribution in [3.63, 3.8) is 0 Å². The van der Waals surface area contributed by atoms with Gasteiger partial charge in [0, 0.05) is 18.4 Å². The number of ether oxygens (including phenoxy) is 1. The SMILES string of the molecule is CC(C)Oc1ccc(Nc2ccc(C(=O)N(C)c3ccccc3)nn2)cc1. The summed E-state index contributed by atoms with van der Waals surface area (Å²) >= 11 is 0. The van der Waals surface area contributed by atoms with Crippen LogP contribution in [0.25, 0.3) is 0 Å². The fourth-order valence-corrected chi connectivity index (χ4v) is 2.49. The Hall–Kier alpha value is -3.41. The number of carbonyl (C=O) groups is 1. The lowest BCUT2D eigenvalue weighted by atomic mass is 10.2. The van der Waals surface area contributed by atoms with Gasteiger partial charge < -0.3 is 15.0 Å². The number of nitrogens with zero attached hydrogens (tertiary/aromatic N) is 3. The van der Waals surface area contributed by atoms with E-state index in [4.69, 9.17) is 4.74 Å². The molecule has 0 unspecified atom stereocenters. The molecule has 3 aromatic rings. The van der Waals surface area contributed by atoms with E-state index in [-0.39, 0.29) is 17.7 Å². The lowest BCUT2D eigenvalue weighted by Crippen LogP contribution is -2.27. The van der Waals surface area contributed by atoms with Gasteiger partial charge in [-0.05, 0) is 62.4 Å². The van der Waals surface area contributed by atoms with Gasteiger partial charge in [-0.25, -0.2) is 0 Å². The minimum atomic E-state index is -0.213. The van der Waals surface area contributed by atoms with Crippen LogP contribution in [0.2, 0.25) is 0 Å². The number of amides is 1. The first kappa shape index (κ1) is 18.4. The van der Waals surface area contributed by atoms with Gasteiger partial charge >= 0.3 is 0 Å². The Morgan fingerprint density at radius 2 is 1.67 bits per heavy atom. The monoisotopic (exact) mass is 362 g/mol. The quantitative estimate of drug-likeness (QED) is 0.709. The zero-order valence-electron chi connectivity index (χ0n) is 15.6. The number of benzene rings is 2. The molecule has 27 heavy (non-hydrogen) atoms. The Bertz CT molecular complexity index is 878. The van der Waals surface area contributed by atoms with Crippen molar-refractivity contribution in [3.8, 4) is 5.75 Å². The van der Waals surface area contributed by atoms with Gasteiger partial charge in [-0.2, -0.15) is 0 Å². The number of hydrogen-bond donors (Lipinski definition) is 1. The minimum absolute atomic E-state index is 0.133. The van der Waals surface area contributed by atoms with E-state index in [2.05, 4.69) is 15.5 Å². The largest absolute Gasteiger partial charge is 0.491 e. The molecule has 0 bridgehead atoms. The normalized spacial score (nSPS) is 10.5. The van der Waals surface area contributed by atoms with Crippen molar-refractivity contribution in [1.82, 2.24) is 10.2 Å². The van der Waals surface area contributed by atoms with Crippen molar-refractivity contribution in [2.75, 3.05) is 17.3 Å². The molecule has 1 aromatic heterocycles. The number of nitrogens with one attached hydrogen (secondary N) is 1. The van der Waals surface area contributed by atoms with Crippen LogP contribution in [0.3, 0.4) is 0 Å². The number of anilines is 3. The summed E-state index contributed by atoms with van der Waals surface area (Å²) < 4.78 is 5.62. The van der Waals surface area contributed by atoms with Gasteiger partial charge in [0.25, 0.3) is 5.91 Å². The fraction of sp³-hybridized carbons (Fsp3) is 0.190. The van der Waals surface area contributed by atoms with Crippen molar-refractivity contribution in [1.29, 1.82) is 0 Å². The Labute approximate surface area is 158 Å². The van der Waals surface area contributed by atoms with Crippen LogP contribution >= 0.6 is 0 Å². The molecule has 3 rings (SSSR count). The van der Waals surface area contributed by atoms with Crippen LogP contribution in [0.4, 0.5) is 17.2 Å². The van der Waals surface area contributed by atoms with E-state index in [1.165, 1.54) is 0 Å². The number of hydrogen-bond acceptors (Lipinski definition) is 5. The highest BCUT2D eigenvalue weighted by molar-refractivity contribution is 6.04. The number of carbonyl (C=O) groups excluding carboxylic acids is 1. The third-order valence-electron chi connectivity index (χ3n) is 3.83. The Balaban J connectivity index is 1.65. The van der Waals surface area contributed by atoms with Crippen LogP contribution < -0.4 is 15.0 Å². The average molecular weight is 362 g/mol. The Kier molecular flexibility index (Phi) is 5.66. The highest BCUT2D eigenvalue weighted by atomic mass is 16.5. The maximum absolute atomic E-state index is 12.5. The second kappa shape index (κ2) is 8.31. The van der Waals surface area contributed by atoms with E-state index in [1.54, 1.807) is 24.1 Å². The van der Waals surface area contributed by atoms with Gasteiger partial charge in [0.15, 0.2) is 11.5 Å². The van der Waals surface area contributed by atoms with Gasteiger partial charge in [0.05, 0.1) is 6.10 Å². The molecule has 2 aromatic carbocycles. The summed E-state index contributed by atoms with van der Waals surface area (Å²) in [6, 6.07) is 20.4. The second-order valence-electron chi connectivity index (χ2n) is 6.32.